The van der Waals surface area contributed by atoms with Gasteiger partial charge in [-0.25, -0.2) is 0 Å². The first-order chi connectivity index (χ1) is 13.1. The van der Waals surface area contributed by atoms with Crippen LogP contribution in [0.15, 0.2) is 72.8 Å². The van der Waals surface area contributed by atoms with Crippen molar-refractivity contribution in [2.75, 3.05) is 14.1 Å². The van der Waals surface area contributed by atoms with E-state index in [2.05, 4.69) is 6.07 Å². The fourth-order valence-electron chi connectivity index (χ4n) is 2.65. The molecule has 0 spiro atoms. The molecule has 4 heteroatoms. The van der Waals surface area contributed by atoms with Crippen molar-refractivity contribution in [1.29, 1.82) is 5.26 Å². The van der Waals surface area contributed by atoms with Crippen LogP contribution < -0.4 is 4.74 Å². The van der Waals surface area contributed by atoms with Gasteiger partial charge in [0.25, 0.3) is 5.91 Å². The molecule has 0 saturated carbocycles. The van der Waals surface area contributed by atoms with Crippen molar-refractivity contribution in [3.63, 3.8) is 0 Å². The van der Waals surface area contributed by atoms with Crippen LogP contribution >= 0.6 is 0 Å². The Morgan fingerprint density at radius 2 is 1.44 bits per heavy atom. The smallest absolute Gasteiger partial charge is 0.253 e. The maximum atomic E-state index is 11.9. The van der Waals surface area contributed by atoms with E-state index in [1.165, 1.54) is 0 Å². The summed E-state index contributed by atoms with van der Waals surface area (Å²) in [5, 5.41) is 8.87. The lowest BCUT2D eigenvalue weighted by molar-refractivity contribution is 0.0827. The third kappa shape index (κ3) is 4.53. The molecule has 3 aromatic rings. The molecule has 0 atom stereocenters. The zero-order valence-corrected chi connectivity index (χ0v) is 15.3. The minimum Gasteiger partial charge on any atom is -0.489 e. The number of hydrogen-bond acceptors (Lipinski definition) is 3. The molecule has 0 fully saturated rings. The van der Waals surface area contributed by atoms with Gasteiger partial charge in [-0.3, -0.25) is 4.79 Å². The molecule has 1 amide bonds. The second kappa shape index (κ2) is 8.20. The molecular weight excluding hydrogens is 336 g/mol. The molecule has 0 aliphatic carbocycles. The fourth-order valence-corrected chi connectivity index (χ4v) is 2.65. The first-order valence-electron chi connectivity index (χ1n) is 8.61. The van der Waals surface area contributed by atoms with Crippen LogP contribution in [-0.2, 0) is 6.61 Å². The predicted octanol–water partition coefficient (Wildman–Crippen LogP) is 4.51. The van der Waals surface area contributed by atoms with E-state index in [0.29, 0.717) is 17.7 Å². The Kier molecular flexibility index (Phi) is 5.53. The van der Waals surface area contributed by atoms with Crippen LogP contribution in [0.5, 0.6) is 5.75 Å². The van der Waals surface area contributed by atoms with E-state index in [9.17, 15) is 4.79 Å². The Hall–Kier alpha value is -3.58. The van der Waals surface area contributed by atoms with Gasteiger partial charge in [-0.1, -0.05) is 36.4 Å². The van der Waals surface area contributed by atoms with E-state index in [-0.39, 0.29) is 5.91 Å². The largest absolute Gasteiger partial charge is 0.489 e. The quantitative estimate of drug-likeness (QED) is 0.676. The van der Waals surface area contributed by atoms with Gasteiger partial charge >= 0.3 is 0 Å². The molecule has 0 bridgehead atoms. The number of ether oxygens (including phenoxy) is 1. The van der Waals surface area contributed by atoms with Gasteiger partial charge in [0.2, 0.25) is 0 Å². The zero-order valence-electron chi connectivity index (χ0n) is 15.3. The average Bonchev–Trinajstić information content (AvgIpc) is 2.72. The van der Waals surface area contributed by atoms with Gasteiger partial charge in [0, 0.05) is 19.7 Å². The summed E-state index contributed by atoms with van der Waals surface area (Å²) >= 11 is 0. The fraction of sp³-hybridized carbons (Fsp3) is 0.130. The average molecular weight is 356 g/mol. The lowest BCUT2D eigenvalue weighted by atomic mass is 10.0. The highest BCUT2D eigenvalue weighted by Crippen LogP contribution is 2.23. The van der Waals surface area contributed by atoms with Crippen molar-refractivity contribution in [2.24, 2.45) is 0 Å². The summed E-state index contributed by atoms with van der Waals surface area (Å²) in [7, 11) is 3.47. The number of carbonyl (C=O) groups is 1. The van der Waals surface area contributed by atoms with E-state index < -0.39 is 0 Å². The standard InChI is InChI=1S/C23H20N2O2/c1-25(2)23(26)21-9-5-18(6-10-21)16-27-22-13-11-20(12-14-22)19-7-3-17(15-24)4-8-19/h3-14H,16H2,1-2H3. The van der Waals surface area contributed by atoms with Crippen LogP contribution in [0.25, 0.3) is 11.1 Å². The Morgan fingerprint density at radius 3 is 1.96 bits per heavy atom. The molecule has 3 aromatic carbocycles. The van der Waals surface area contributed by atoms with Crippen molar-refractivity contribution in [1.82, 2.24) is 4.90 Å². The molecule has 0 heterocycles. The second-order valence-corrected chi connectivity index (χ2v) is 6.40. The zero-order chi connectivity index (χ0) is 19.2. The summed E-state index contributed by atoms with van der Waals surface area (Å²) in [5.74, 6) is 0.765. The van der Waals surface area contributed by atoms with Crippen molar-refractivity contribution in [3.8, 4) is 22.9 Å². The Bertz CT molecular complexity index is 951. The highest BCUT2D eigenvalue weighted by atomic mass is 16.5. The molecular formula is C23H20N2O2. The van der Waals surface area contributed by atoms with Crippen LogP contribution in [0.2, 0.25) is 0 Å². The van der Waals surface area contributed by atoms with Gasteiger partial charge in [-0.15, -0.1) is 0 Å². The van der Waals surface area contributed by atoms with E-state index in [0.717, 1.165) is 22.4 Å². The van der Waals surface area contributed by atoms with Crippen LogP contribution in [0, 0.1) is 11.3 Å². The van der Waals surface area contributed by atoms with Crippen molar-refractivity contribution >= 4 is 5.91 Å². The van der Waals surface area contributed by atoms with E-state index in [4.69, 9.17) is 10.00 Å². The number of amides is 1. The van der Waals surface area contributed by atoms with E-state index in [1.807, 2.05) is 72.8 Å². The maximum absolute atomic E-state index is 11.9. The van der Waals surface area contributed by atoms with Gasteiger partial charge < -0.3 is 9.64 Å². The Morgan fingerprint density at radius 1 is 0.889 bits per heavy atom. The Balaban J connectivity index is 1.61. The van der Waals surface area contributed by atoms with E-state index >= 15 is 0 Å². The third-order valence-electron chi connectivity index (χ3n) is 4.21. The lowest BCUT2D eigenvalue weighted by Gasteiger charge is -2.11. The van der Waals surface area contributed by atoms with Gasteiger partial charge in [-0.05, 0) is 53.1 Å². The molecule has 3 rings (SSSR count). The molecule has 0 aliphatic rings. The van der Waals surface area contributed by atoms with Crippen molar-refractivity contribution in [2.45, 2.75) is 6.61 Å². The maximum Gasteiger partial charge on any atom is 0.253 e. The number of nitrogens with zero attached hydrogens (tertiary/aromatic N) is 2. The van der Waals surface area contributed by atoms with Gasteiger partial charge in [0.05, 0.1) is 11.6 Å². The molecule has 0 aromatic heterocycles. The summed E-state index contributed by atoms with van der Waals surface area (Å²) in [5.41, 5.74) is 4.44. The molecule has 27 heavy (non-hydrogen) atoms. The van der Waals surface area contributed by atoms with Gasteiger partial charge in [0.15, 0.2) is 0 Å². The number of nitriles is 1. The van der Waals surface area contributed by atoms with E-state index in [1.54, 1.807) is 19.0 Å². The van der Waals surface area contributed by atoms with Gasteiger partial charge in [-0.2, -0.15) is 5.26 Å². The summed E-state index contributed by atoms with van der Waals surface area (Å²) in [6, 6.07) is 24.9. The summed E-state index contributed by atoms with van der Waals surface area (Å²) in [4.78, 5) is 13.5. The first-order valence-corrected chi connectivity index (χ1v) is 8.61. The highest BCUT2D eigenvalue weighted by Gasteiger charge is 2.07. The first kappa shape index (κ1) is 18.2. The van der Waals surface area contributed by atoms with Crippen molar-refractivity contribution in [3.05, 3.63) is 89.5 Å². The van der Waals surface area contributed by atoms with Crippen LogP contribution in [0.1, 0.15) is 21.5 Å². The monoisotopic (exact) mass is 356 g/mol. The van der Waals surface area contributed by atoms with Crippen LogP contribution in [0.3, 0.4) is 0 Å². The third-order valence-corrected chi connectivity index (χ3v) is 4.21. The summed E-state index contributed by atoms with van der Waals surface area (Å²) in [6.07, 6.45) is 0. The van der Waals surface area contributed by atoms with Crippen LogP contribution in [-0.4, -0.2) is 24.9 Å². The molecule has 0 N–H and O–H groups in total. The van der Waals surface area contributed by atoms with Crippen LogP contribution in [0.4, 0.5) is 0 Å². The molecule has 4 nitrogen and oxygen atoms in total. The summed E-state index contributed by atoms with van der Waals surface area (Å²) < 4.78 is 5.83. The van der Waals surface area contributed by atoms with Crippen molar-refractivity contribution < 1.29 is 9.53 Å². The predicted molar refractivity (Wildman–Crippen MR) is 105 cm³/mol. The number of carbonyl (C=O) groups excluding carboxylic acids is 1. The SMILES string of the molecule is CN(C)C(=O)c1ccc(COc2ccc(-c3ccc(C#N)cc3)cc2)cc1. The lowest BCUT2D eigenvalue weighted by Crippen LogP contribution is -2.21. The molecule has 0 saturated heterocycles. The number of benzene rings is 3. The summed E-state index contributed by atoms with van der Waals surface area (Å²) in [6.45, 7) is 0.437. The molecule has 0 radical (unpaired) electrons. The topological polar surface area (TPSA) is 53.3 Å². The minimum atomic E-state index is -0.0131. The van der Waals surface area contributed by atoms with Gasteiger partial charge in [0.1, 0.15) is 12.4 Å². The number of hydrogen-bond donors (Lipinski definition) is 0. The normalized spacial score (nSPS) is 10.1. The Labute approximate surface area is 159 Å². The molecule has 0 unspecified atom stereocenters. The molecule has 134 valence electrons. The minimum absolute atomic E-state index is 0.0131. The molecule has 0 aliphatic heterocycles. The highest BCUT2D eigenvalue weighted by molar-refractivity contribution is 5.93. The number of rotatable bonds is 5. The second-order valence-electron chi connectivity index (χ2n) is 6.40.